The molecule has 214 valence electrons. The van der Waals surface area contributed by atoms with Crippen LogP contribution in [0.5, 0.6) is 0 Å². The third-order valence-electron chi connectivity index (χ3n) is 7.55. The molecule has 0 bridgehead atoms. The summed E-state index contributed by atoms with van der Waals surface area (Å²) in [5.41, 5.74) is 4.02. The van der Waals surface area contributed by atoms with Crippen LogP contribution in [-0.4, -0.2) is 59.2 Å². The highest BCUT2D eigenvalue weighted by molar-refractivity contribution is 6.76. The van der Waals surface area contributed by atoms with Gasteiger partial charge in [-0.2, -0.15) is 5.10 Å². The number of nitrogens with one attached hydrogen (secondary N) is 3. The molecule has 4 aromatic rings. The van der Waals surface area contributed by atoms with Crippen molar-refractivity contribution in [1.82, 2.24) is 24.8 Å². The number of ether oxygens (including phenoxy) is 1. The molecule has 41 heavy (non-hydrogen) atoms. The van der Waals surface area contributed by atoms with Crippen molar-refractivity contribution in [1.29, 1.82) is 0 Å². The first kappa shape index (κ1) is 27.4. The minimum atomic E-state index is -1.17. The minimum Gasteiger partial charge on any atom is -0.366 e. The fraction of sp³-hybridized carbons (Fsp3) is 0.400. The average molecular weight is 570 g/mol. The van der Waals surface area contributed by atoms with Gasteiger partial charge < -0.3 is 25.3 Å². The Morgan fingerprint density at radius 3 is 2.61 bits per heavy atom. The molecule has 2 aliphatic heterocycles. The maximum atomic E-state index is 6.13. The Morgan fingerprint density at radius 2 is 1.85 bits per heavy atom. The fourth-order valence-electron chi connectivity index (χ4n) is 5.21. The molecule has 3 N–H and O–H groups in total. The number of hydrogen-bond donors (Lipinski definition) is 3. The Balaban J connectivity index is 1.26. The lowest BCUT2D eigenvalue weighted by atomic mass is 10.0. The summed E-state index contributed by atoms with van der Waals surface area (Å²) in [5, 5.41) is 18.7. The van der Waals surface area contributed by atoms with E-state index in [1.54, 1.807) is 12.5 Å². The lowest BCUT2D eigenvalue weighted by Gasteiger charge is -2.34. The zero-order valence-corrected chi connectivity index (χ0v) is 25.1. The van der Waals surface area contributed by atoms with E-state index in [9.17, 15) is 0 Å². The van der Waals surface area contributed by atoms with Crippen LogP contribution in [0.2, 0.25) is 25.7 Å². The van der Waals surface area contributed by atoms with Gasteiger partial charge in [0.2, 0.25) is 0 Å². The first-order chi connectivity index (χ1) is 19.9. The predicted molar refractivity (Wildman–Crippen MR) is 168 cm³/mol. The van der Waals surface area contributed by atoms with Crippen molar-refractivity contribution in [3.63, 3.8) is 0 Å². The van der Waals surface area contributed by atoms with Gasteiger partial charge in [0, 0.05) is 39.3 Å². The van der Waals surface area contributed by atoms with Gasteiger partial charge in [-0.05, 0) is 61.8 Å². The Kier molecular flexibility index (Phi) is 7.99. The van der Waals surface area contributed by atoms with Crippen molar-refractivity contribution < 1.29 is 4.74 Å². The summed E-state index contributed by atoms with van der Waals surface area (Å²) < 4.78 is 8.22. The molecule has 0 radical (unpaired) electrons. The van der Waals surface area contributed by atoms with Gasteiger partial charge in [-0.1, -0.05) is 37.8 Å². The van der Waals surface area contributed by atoms with E-state index < -0.39 is 8.07 Å². The standard InChI is InChI=1S/C30H39N9OSi/c1-41(2,3)17-16-40-21-38-19-25-27-29(38)34-20-35-30(27)39(24-11-14-31-15-12-24)37-28(25)36-23-9-7-22(8-10-23)18-33-26-6-4-5-13-32-26/h4-10,13,19-20,24,31H,11-12,14-18,21H2,1-3H3,(H,32,33)(H,36,37). The highest BCUT2D eigenvalue weighted by Gasteiger charge is 2.32. The summed E-state index contributed by atoms with van der Waals surface area (Å²) >= 11 is 0. The average Bonchev–Trinajstić information content (AvgIpc) is 3.37. The SMILES string of the molecule is C[Si](C)(C)CCOCn1cc2c3c(ncnc31)N(C1CCNCC1)N=C2Nc1ccc(CNc2ccccn2)cc1. The second kappa shape index (κ2) is 12.0. The van der Waals surface area contributed by atoms with E-state index in [1.807, 2.05) is 18.2 Å². The van der Waals surface area contributed by atoms with Crippen LogP contribution in [0.1, 0.15) is 24.0 Å². The number of hydrazone groups is 1. The van der Waals surface area contributed by atoms with E-state index in [2.05, 4.69) is 80.6 Å². The summed E-state index contributed by atoms with van der Waals surface area (Å²) in [6.07, 6.45) is 7.57. The molecule has 11 heteroatoms. The van der Waals surface area contributed by atoms with Crippen LogP contribution in [0.25, 0.3) is 11.0 Å². The molecule has 5 heterocycles. The number of rotatable bonds is 10. The van der Waals surface area contributed by atoms with Crippen LogP contribution in [0.3, 0.4) is 0 Å². The number of nitrogens with zero attached hydrogens (tertiary/aromatic N) is 6. The molecule has 1 saturated heterocycles. The zero-order valence-electron chi connectivity index (χ0n) is 24.1. The molecule has 0 unspecified atom stereocenters. The van der Waals surface area contributed by atoms with Gasteiger partial charge >= 0.3 is 0 Å². The van der Waals surface area contributed by atoms with Crippen molar-refractivity contribution in [2.45, 2.75) is 57.8 Å². The molecule has 1 aromatic carbocycles. The lowest BCUT2D eigenvalue weighted by molar-refractivity contribution is 0.0898. The molecule has 1 fully saturated rings. The largest absolute Gasteiger partial charge is 0.366 e. The molecule has 0 saturated carbocycles. The van der Waals surface area contributed by atoms with Crippen LogP contribution in [0.15, 0.2) is 66.3 Å². The predicted octanol–water partition coefficient (Wildman–Crippen LogP) is 5.10. The van der Waals surface area contributed by atoms with E-state index in [1.165, 1.54) is 5.56 Å². The summed E-state index contributed by atoms with van der Waals surface area (Å²) in [7, 11) is -1.17. The molecular formula is C30H39N9OSi. The lowest BCUT2D eigenvalue weighted by Crippen LogP contribution is -2.43. The second-order valence-corrected chi connectivity index (χ2v) is 17.5. The van der Waals surface area contributed by atoms with E-state index >= 15 is 0 Å². The monoisotopic (exact) mass is 569 g/mol. The molecule has 0 atom stereocenters. The highest BCUT2D eigenvalue weighted by Crippen LogP contribution is 2.35. The normalized spacial score (nSPS) is 15.7. The number of benzene rings is 1. The summed E-state index contributed by atoms with van der Waals surface area (Å²) in [5.74, 6) is 2.54. The van der Waals surface area contributed by atoms with Gasteiger partial charge in [-0.25, -0.2) is 20.0 Å². The maximum absolute atomic E-state index is 6.13. The van der Waals surface area contributed by atoms with E-state index in [0.29, 0.717) is 13.3 Å². The quantitative estimate of drug-likeness (QED) is 0.179. The Bertz CT molecular complexity index is 1490. The second-order valence-electron chi connectivity index (χ2n) is 11.9. The van der Waals surface area contributed by atoms with Crippen LogP contribution >= 0.6 is 0 Å². The number of hydrogen-bond acceptors (Lipinski definition) is 9. The summed E-state index contributed by atoms with van der Waals surface area (Å²) in [6.45, 7) is 11.0. The van der Waals surface area contributed by atoms with Crippen molar-refractivity contribution in [2.75, 3.05) is 35.3 Å². The van der Waals surface area contributed by atoms with Crippen molar-refractivity contribution in [3.05, 3.63) is 72.3 Å². The molecule has 0 amide bonds. The Morgan fingerprint density at radius 1 is 1.02 bits per heavy atom. The summed E-state index contributed by atoms with van der Waals surface area (Å²) in [4.78, 5) is 13.8. The van der Waals surface area contributed by atoms with E-state index in [4.69, 9.17) is 19.8 Å². The summed E-state index contributed by atoms with van der Waals surface area (Å²) in [6, 6.07) is 15.7. The fourth-order valence-corrected chi connectivity index (χ4v) is 5.97. The van der Waals surface area contributed by atoms with Gasteiger partial charge in [0.1, 0.15) is 24.5 Å². The first-order valence-corrected chi connectivity index (χ1v) is 18.2. The minimum absolute atomic E-state index is 0.274. The highest BCUT2D eigenvalue weighted by atomic mass is 28.3. The zero-order chi connectivity index (χ0) is 28.2. The number of amidine groups is 1. The van der Waals surface area contributed by atoms with Crippen molar-refractivity contribution >= 4 is 42.3 Å². The van der Waals surface area contributed by atoms with E-state index in [0.717, 1.165) is 78.3 Å². The number of aromatic nitrogens is 4. The molecule has 10 nitrogen and oxygen atoms in total. The third kappa shape index (κ3) is 6.42. The first-order valence-electron chi connectivity index (χ1n) is 14.5. The number of pyridine rings is 1. The van der Waals surface area contributed by atoms with Crippen molar-refractivity contribution in [3.8, 4) is 0 Å². The van der Waals surface area contributed by atoms with Crippen molar-refractivity contribution in [2.24, 2.45) is 5.10 Å². The Labute approximate surface area is 242 Å². The van der Waals surface area contributed by atoms with Gasteiger partial charge in [0.15, 0.2) is 11.7 Å². The smallest absolute Gasteiger partial charge is 0.162 e. The van der Waals surface area contributed by atoms with Crippen LogP contribution in [0.4, 0.5) is 17.3 Å². The van der Waals surface area contributed by atoms with Gasteiger partial charge in [0.25, 0.3) is 0 Å². The van der Waals surface area contributed by atoms with Gasteiger partial charge in [0.05, 0.1) is 17.0 Å². The topological polar surface area (TPSA) is 105 Å². The van der Waals surface area contributed by atoms with Gasteiger partial charge in [-0.3, -0.25) is 0 Å². The van der Waals surface area contributed by atoms with E-state index in [-0.39, 0.29) is 6.04 Å². The molecule has 6 rings (SSSR count). The molecule has 0 spiro atoms. The van der Waals surface area contributed by atoms with Gasteiger partial charge in [-0.15, -0.1) is 0 Å². The molecule has 3 aromatic heterocycles. The van der Waals surface area contributed by atoms with Crippen LogP contribution in [0, 0.1) is 0 Å². The van der Waals surface area contributed by atoms with Crippen LogP contribution < -0.4 is 21.0 Å². The third-order valence-corrected chi connectivity index (χ3v) is 9.25. The molecule has 2 aliphatic rings. The number of piperidine rings is 1. The number of anilines is 3. The van der Waals surface area contributed by atoms with Crippen LogP contribution in [-0.2, 0) is 18.0 Å². The Hall–Kier alpha value is -3.80. The molecule has 0 aliphatic carbocycles. The maximum Gasteiger partial charge on any atom is 0.162 e. The molecular weight excluding hydrogens is 530 g/mol.